The fourth-order valence-corrected chi connectivity index (χ4v) is 2.86. The van der Waals surface area contributed by atoms with E-state index in [1.807, 2.05) is 18.2 Å². The van der Waals surface area contributed by atoms with Crippen molar-refractivity contribution in [2.24, 2.45) is 5.92 Å². The maximum Gasteiger partial charge on any atom is 0.224 e. The molecule has 1 fully saturated rings. The Balaban J connectivity index is 1.60. The Morgan fingerprint density at radius 2 is 2.00 bits per heavy atom. The van der Waals surface area contributed by atoms with Crippen LogP contribution in [0.25, 0.3) is 0 Å². The Hall–Kier alpha value is -1.35. The minimum atomic E-state index is 0.136. The molecule has 1 heterocycles. The first kappa shape index (κ1) is 16.0. The van der Waals surface area contributed by atoms with Crippen molar-refractivity contribution in [1.82, 2.24) is 10.2 Å². The Kier molecular flexibility index (Phi) is 6.24. The van der Waals surface area contributed by atoms with Gasteiger partial charge in [-0.05, 0) is 62.9 Å². The van der Waals surface area contributed by atoms with Gasteiger partial charge in [0.15, 0.2) is 0 Å². The van der Waals surface area contributed by atoms with Gasteiger partial charge in [0.25, 0.3) is 0 Å². The van der Waals surface area contributed by atoms with Gasteiger partial charge in [0.2, 0.25) is 5.91 Å². The summed E-state index contributed by atoms with van der Waals surface area (Å²) in [5.74, 6) is 1.02. The van der Waals surface area contributed by atoms with Crippen molar-refractivity contribution in [1.29, 1.82) is 0 Å². The van der Waals surface area contributed by atoms with Gasteiger partial charge in [-0.3, -0.25) is 4.79 Å². The number of carbonyl (C=O) groups is 1. The van der Waals surface area contributed by atoms with Gasteiger partial charge in [-0.1, -0.05) is 31.2 Å². The number of benzene rings is 1. The molecule has 1 N–H and O–H groups in total. The number of likely N-dealkylation sites (tertiary alicyclic amines) is 1. The molecule has 0 unspecified atom stereocenters. The number of rotatable bonds is 6. The zero-order valence-corrected chi connectivity index (χ0v) is 13.4. The van der Waals surface area contributed by atoms with E-state index in [0.717, 1.165) is 31.0 Å². The van der Waals surface area contributed by atoms with Crippen molar-refractivity contribution >= 4 is 5.91 Å². The molecule has 0 bridgehead atoms. The second kappa shape index (κ2) is 8.18. The summed E-state index contributed by atoms with van der Waals surface area (Å²) in [5, 5.41) is 3.04. The van der Waals surface area contributed by atoms with E-state index in [-0.39, 0.29) is 5.91 Å². The number of nitrogens with one attached hydrogen (secondary N) is 1. The molecule has 0 saturated carbocycles. The third-order valence-corrected chi connectivity index (χ3v) is 4.46. The van der Waals surface area contributed by atoms with Gasteiger partial charge in [0.1, 0.15) is 0 Å². The topological polar surface area (TPSA) is 32.3 Å². The molecule has 116 valence electrons. The molecule has 1 amide bonds. The summed E-state index contributed by atoms with van der Waals surface area (Å²) in [6.07, 6.45) is 4.18. The number of hydrogen-bond acceptors (Lipinski definition) is 2. The Morgan fingerprint density at radius 1 is 1.29 bits per heavy atom. The number of nitrogens with zero attached hydrogens (tertiary/aromatic N) is 1. The first-order chi connectivity index (χ1) is 10.1. The fourth-order valence-electron chi connectivity index (χ4n) is 2.86. The average Bonchev–Trinajstić information content (AvgIpc) is 2.48. The van der Waals surface area contributed by atoms with E-state index in [0.29, 0.717) is 6.42 Å². The van der Waals surface area contributed by atoms with Crippen LogP contribution in [0.15, 0.2) is 24.3 Å². The van der Waals surface area contributed by atoms with E-state index in [9.17, 15) is 4.79 Å². The van der Waals surface area contributed by atoms with Crippen molar-refractivity contribution < 1.29 is 4.79 Å². The summed E-state index contributed by atoms with van der Waals surface area (Å²) >= 11 is 0. The third kappa shape index (κ3) is 5.50. The number of aryl methyl sites for hydroxylation is 1. The van der Waals surface area contributed by atoms with Crippen LogP contribution in [-0.2, 0) is 11.2 Å². The van der Waals surface area contributed by atoms with Gasteiger partial charge in [0.05, 0.1) is 6.42 Å². The van der Waals surface area contributed by atoms with Gasteiger partial charge in [-0.2, -0.15) is 0 Å². The number of piperidine rings is 1. The fraction of sp³-hybridized carbons (Fsp3) is 0.611. The van der Waals surface area contributed by atoms with Crippen LogP contribution in [0, 0.1) is 12.8 Å². The summed E-state index contributed by atoms with van der Waals surface area (Å²) in [4.78, 5) is 14.5. The van der Waals surface area contributed by atoms with Gasteiger partial charge in [-0.15, -0.1) is 0 Å². The summed E-state index contributed by atoms with van der Waals surface area (Å²) in [5.41, 5.74) is 2.31. The summed E-state index contributed by atoms with van der Waals surface area (Å²) in [6, 6.07) is 8.09. The van der Waals surface area contributed by atoms with Crippen molar-refractivity contribution in [2.45, 2.75) is 39.5 Å². The van der Waals surface area contributed by atoms with Crippen LogP contribution in [-0.4, -0.2) is 37.0 Å². The molecule has 0 aromatic heterocycles. The lowest BCUT2D eigenvalue weighted by Crippen LogP contribution is -2.35. The molecule has 1 aromatic carbocycles. The van der Waals surface area contributed by atoms with Crippen molar-refractivity contribution in [3.05, 3.63) is 35.4 Å². The zero-order chi connectivity index (χ0) is 15.1. The van der Waals surface area contributed by atoms with Gasteiger partial charge in [0, 0.05) is 6.54 Å². The quantitative estimate of drug-likeness (QED) is 0.816. The van der Waals surface area contributed by atoms with Crippen LogP contribution in [0.3, 0.4) is 0 Å². The molecule has 1 saturated heterocycles. The predicted octanol–water partition coefficient (Wildman–Crippen LogP) is 2.78. The molecule has 0 aliphatic carbocycles. The van der Waals surface area contributed by atoms with E-state index in [4.69, 9.17) is 0 Å². The Bertz CT molecular complexity index is 450. The largest absolute Gasteiger partial charge is 0.356 e. The van der Waals surface area contributed by atoms with Gasteiger partial charge < -0.3 is 10.2 Å². The van der Waals surface area contributed by atoms with Crippen molar-refractivity contribution in [3.63, 3.8) is 0 Å². The highest BCUT2D eigenvalue weighted by atomic mass is 16.1. The summed E-state index contributed by atoms with van der Waals surface area (Å²) in [6.45, 7) is 8.73. The second-order valence-electron chi connectivity index (χ2n) is 6.33. The normalized spacial score (nSPS) is 16.9. The molecule has 21 heavy (non-hydrogen) atoms. The SMILES string of the molecule is Cc1ccccc1CC(=O)NCCCN1CCC(C)CC1. The summed E-state index contributed by atoms with van der Waals surface area (Å²) < 4.78 is 0. The molecule has 0 spiro atoms. The maximum absolute atomic E-state index is 11.9. The first-order valence-electron chi connectivity index (χ1n) is 8.18. The minimum Gasteiger partial charge on any atom is -0.356 e. The summed E-state index contributed by atoms with van der Waals surface area (Å²) in [7, 11) is 0. The number of hydrogen-bond donors (Lipinski definition) is 1. The number of carbonyl (C=O) groups excluding carboxylic acids is 1. The Morgan fingerprint density at radius 3 is 2.71 bits per heavy atom. The molecule has 1 aliphatic heterocycles. The molecule has 0 radical (unpaired) electrons. The molecule has 1 aliphatic rings. The van der Waals surface area contributed by atoms with Gasteiger partial charge >= 0.3 is 0 Å². The first-order valence-corrected chi connectivity index (χ1v) is 8.18. The van der Waals surface area contributed by atoms with Crippen LogP contribution in [0.2, 0.25) is 0 Å². The zero-order valence-electron chi connectivity index (χ0n) is 13.4. The van der Waals surface area contributed by atoms with Crippen LogP contribution in [0.5, 0.6) is 0 Å². The maximum atomic E-state index is 11.9. The average molecular weight is 288 g/mol. The van der Waals surface area contributed by atoms with Crippen molar-refractivity contribution in [2.75, 3.05) is 26.2 Å². The molecule has 3 nitrogen and oxygen atoms in total. The highest BCUT2D eigenvalue weighted by Gasteiger charge is 2.14. The third-order valence-electron chi connectivity index (χ3n) is 4.46. The highest BCUT2D eigenvalue weighted by molar-refractivity contribution is 5.78. The van der Waals surface area contributed by atoms with Crippen LogP contribution < -0.4 is 5.32 Å². The molecular formula is C18H28N2O. The Labute approximate surface area is 128 Å². The lowest BCUT2D eigenvalue weighted by Gasteiger charge is -2.30. The predicted molar refractivity (Wildman–Crippen MR) is 87.3 cm³/mol. The lowest BCUT2D eigenvalue weighted by atomic mass is 9.99. The van der Waals surface area contributed by atoms with E-state index >= 15 is 0 Å². The van der Waals surface area contributed by atoms with E-state index in [1.54, 1.807) is 0 Å². The standard InChI is InChI=1S/C18H28N2O/c1-15-8-12-20(13-9-15)11-5-10-19-18(21)14-17-7-4-3-6-16(17)2/h3-4,6-7,15H,5,8-14H2,1-2H3,(H,19,21). The second-order valence-corrected chi connectivity index (χ2v) is 6.33. The monoisotopic (exact) mass is 288 g/mol. The van der Waals surface area contributed by atoms with Crippen LogP contribution in [0.1, 0.15) is 37.3 Å². The minimum absolute atomic E-state index is 0.136. The van der Waals surface area contributed by atoms with E-state index in [2.05, 4.69) is 30.1 Å². The van der Waals surface area contributed by atoms with Crippen LogP contribution in [0.4, 0.5) is 0 Å². The molecule has 2 rings (SSSR count). The molecule has 1 aromatic rings. The molecule has 3 heteroatoms. The lowest BCUT2D eigenvalue weighted by molar-refractivity contribution is -0.120. The smallest absolute Gasteiger partial charge is 0.224 e. The molecular weight excluding hydrogens is 260 g/mol. The molecule has 0 atom stereocenters. The van der Waals surface area contributed by atoms with E-state index in [1.165, 1.54) is 31.5 Å². The highest BCUT2D eigenvalue weighted by Crippen LogP contribution is 2.15. The van der Waals surface area contributed by atoms with Gasteiger partial charge in [-0.25, -0.2) is 0 Å². The number of amides is 1. The van der Waals surface area contributed by atoms with E-state index < -0.39 is 0 Å². The van der Waals surface area contributed by atoms with Crippen LogP contribution >= 0.6 is 0 Å². The van der Waals surface area contributed by atoms with Crippen molar-refractivity contribution in [3.8, 4) is 0 Å².